The van der Waals surface area contributed by atoms with Gasteiger partial charge in [-0.2, -0.15) is 0 Å². The summed E-state index contributed by atoms with van der Waals surface area (Å²) in [4.78, 5) is 2.39. The van der Waals surface area contributed by atoms with Crippen LogP contribution in [-0.2, 0) is 0 Å². The summed E-state index contributed by atoms with van der Waals surface area (Å²) < 4.78 is 12.3. The van der Waals surface area contributed by atoms with Gasteiger partial charge in [0.2, 0.25) is 0 Å². The molecule has 0 fully saturated rings. The molecule has 17 aromatic carbocycles. The van der Waals surface area contributed by atoms with E-state index in [4.69, 9.17) is 0 Å². The average molecular weight is 1410 g/mol. The van der Waals surface area contributed by atoms with Crippen LogP contribution in [0.1, 0.15) is 0 Å². The van der Waals surface area contributed by atoms with Gasteiger partial charge in [-0.25, -0.2) is 0 Å². The Morgan fingerprint density at radius 2 is 0.450 bits per heavy atom. The zero-order chi connectivity index (χ0) is 71.7. The van der Waals surface area contributed by atoms with Crippen LogP contribution in [0.2, 0.25) is 0 Å². The molecule has 0 saturated carbocycles. The van der Waals surface area contributed by atoms with E-state index in [-0.39, 0.29) is 0 Å². The first-order valence-electron chi connectivity index (χ1n) is 37.6. The quantitative estimate of drug-likeness (QED) is 0.0835. The highest BCUT2D eigenvalue weighted by Gasteiger charge is 2.42. The predicted molar refractivity (Wildman–Crippen MR) is 462 cm³/mol. The summed E-state index contributed by atoms with van der Waals surface area (Å²) in [6, 6.07) is 154. The van der Waals surface area contributed by atoms with Gasteiger partial charge in [-0.3, -0.25) is 0 Å². The second-order valence-corrected chi connectivity index (χ2v) is 32.5. The van der Waals surface area contributed by atoms with E-state index in [1.54, 1.807) is 0 Å². The van der Waals surface area contributed by atoms with E-state index in [0.717, 1.165) is 73.1 Å². The van der Waals surface area contributed by atoms with Crippen LogP contribution in [0.25, 0.3) is 149 Å². The summed E-state index contributed by atoms with van der Waals surface area (Å²) in [7, 11) is -3.10. The lowest BCUT2D eigenvalue weighted by Crippen LogP contribution is -2.74. The van der Waals surface area contributed by atoms with Crippen LogP contribution in [0, 0.1) is 0 Å². The molecule has 0 unspecified atom stereocenters. The summed E-state index contributed by atoms with van der Waals surface area (Å²) in [6.45, 7) is 0. The molecular formula is C102H68N6Si. The van der Waals surface area contributed by atoms with Crippen molar-refractivity contribution in [3.8, 4) is 39.6 Å². The minimum atomic E-state index is -3.10. The Morgan fingerprint density at radius 3 is 0.807 bits per heavy atom. The molecule has 0 amide bonds. The van der Waals surface area contributed by atoms with Crippen LogP contribution in [0.4, 0.5) is 17.1 Å². The van der Waals surface area contributed by atoms with Crippen molar-refractivity contribution in [1.29, 1.82) is 0 Å². The summed E-state index contributed by atoms with van der Waals surface area (Å²) >= 11 is 0. The highest BCUT2D eigenvalue weighted by Crippen LogP contribution is 2.45. The molecular weight excluding hydrogens is 1340 g/mol. The van der Waals surface area contributed by atoms with Gasteiger partial charge in [-0.05, 0) is 190 Å². The van der Waals surface area contributed by atoms with Gasteiger partial charge in [0.25, 0.3) is 0 Å². The lowest BCUT2D eigenvalue weighted by molar-refractivity contribution is 1.14. The number of hydrogen-bond acceptors (Lipinski definition) is 1. The number of hydrogen-bond donors (Lipinski definition) is 0. The Balaban J connectivity index is 0.690. The Labute approximate surface area is 630 Å². The molecule has 6 nitrogen and oxygen atoms in total. The van der Waals surface area contributed by atoms with Crippen molar-refractivity contribution in [3.05, 3.63) is 413 Å². The molecule has 22 aromatic rings. The Kier molecular flexibility index (Phi) is 14.2. The Morgan fingerprint density at radius 1 is 0.174 bits per heavy atom. The van der Waals surface area contributed by atoms with Gasteiger partial charge in [-0.1, -0.05) is 255 Å². The first-order chi connectivity index (χ1) is 54.1. The second-order valence-electron chi connectivity index (χ2n) is 28.7. The predicted octanol–water partition coefficient (Wildman–Crippen LogP) is 23.7. The zero-order valence-electron chi connectivity index (χ0n) is 59.4. The number of rotatable bonds is 13. The van der Waals surface area contributed by atoms with Crippen LogP contribution in [-0.4, -0.2) is 30.9 Å². The van der Waals surface area contributed by atoms with Gasteiger partial charge in [0.05, 0.1) is 55.2 Å². The van der Waals surface area contributed by atoms with Gasteiger partial charge in [0.1, 0.15) is 0 Å². The maximum Gasteiger partial charge on any atom is 0.179 e. The third kappa shape index (κ3) is 9.60. The van der Waals surface area contributed by atoms with Crippen molar-refractivity contribution in [2.24, 2.45) is 0 Å². The number of anilines is 3. The number of aromatic nitrogens is 5. The molecule has 510 valence electrons. The fourth-order valence-corrected chi connectivity index (χ4v) is 23.2. The van der Waals surface area contributed by atoms with E-state index < -0.39 is 8.07 Å². The topological polar surface area (TPSA) is 27.9 Å². The van der Waals surface area contributed by atoms with Crippen LogP contribution in [0.15, 0.2) is 413 Å². The van der Waals surface area contributed by atoms with Gasteiger partial charge in [-0.15, -0.1) is 0 Å². The third-order valence-corrected chi connectivity index (χ3v) is 27.7. The monoisotopic (exact) mass is 1400 g/mol. The zero-order valence-corrected chi connectivity index (χ0v) is 60.4. The molecule has 0 bridgehead atoms. The molecule has 0 aliphatic heterocycles. The molecule has 109 heavy (non-hydrogen) atoms. The lowest BCUT2D eigenvalue weighted by Gasteiger charge is -2.35. The molecule has 0 saturated heterocycles. The molecule has 0 spiro atoms. The van der Waals surface area contributed by atoms with Crippen LogP contribution < -0.4 is 25.6 Å². The van der Waals surface area contributed by atoms with Gasteiger partial charge >= 0.3 is 0 Å². The molecule has 22 rings (SSSR count). The van der Waals surface area contributed by atoms with E-state index in [0.29, 0.717) is 0 Å². The van der Waals surface area contributed by atoms with Crippen LogP contribution in [0.3, 0.4) is 0 Å². The van der Waals surface area contributed by atoms with Crippen molar-refractivity contribution in [2.45, 2.75) is 0 Å². The van der Waals surface area contributed by atoms with Crippen LogP contribution >= 0.6 is 0 Å². The summed E-state index contributed by atoms with van der Waals surface area (Å²) in [5.41, 5.74) is 22.7. The largest absolute Gasteiger partial charge is 0.310 e. The number of fused-ring (bicyclic) bond motifs is 15. The molecule has 0 radical (unpaired) electrons. The van der Waals surface area contributed by atoms with E-state index >= 15 is 0 Å². The average Bonchev–Trinajstić information content (AvgIpc) is 1.68. The van der Waals surface area contributed by atoms with Gasteiger partial charge < -0.3 is 27.7 Å². The molecule has 0 atom stereocenters. The third-order valence-electron chi connectivity index (χ3n) is 23.0. The highest BCUT2D eigenvalue weighted by atomic mass is 28.3. The minimum Gasteiger partial charge on any atom is -0.310 e. The highest BCUT2D eigenvalue weighted by molar-refractivity contribution is 7.20. The minimum absolute atomic E-state index is 1.05. The SMILES string of the molecule is c1ccc([Si](c2ccccc2)(c2ccccc2)c2cc(-n3c4ccccc4c4ccccc43)cc(-n3c4ccccc4c4cc(-c5cccc6c5c5ccccc5n6-c5ccc(N(c6ccc(-n7c8ccccc8c8ccccc87)cc6)c6ccc(-n7c8ccccc8c8ccccc87)cc6)cc5)ccc43)c2)cc1. The van der Waals surface area contributed by atoms with E-state index in [9.17, 15) is 0 Å². The lowest BCUT2D eigenvalue weighted by atomic mass is 9.98. The van der Waals surface area contributed by atoms with Crippen molar-refractivity contribution in [3.63, 3.8) is 0 Å². The van der Waals surface area contributed by atoms with Crippen molar-refractivity contribution >= 4 is 155 Å². The molecule has 0 N–H and O–H groups in total. The number of para-hydroxylation sites is 8. The first kappa shape index (κ1) is 62.2. The molecule has 0 aliphatic rings. The summed E-state index contributed by atoms with van der Waals surface area (Å²) in [5.74, 6) is 0. The van der Waals surface area contributed by atoms with Gasteiger partial charge in [0, 0.05) is 99.4 Å². The Hall–Kier alpha value is -14.2. The normalized spacial score (nSPS) is 12.0. The molecule has 0 aliphatic carbocycles. The van der Waals surface area contributed by atoms with E-state index in [2.05, 4.69) is 440 Å². The molecule has 7 heteroatoms. The van der Waals surface area contributed by atoms with Gasteiger partial charge in [0.15, 0.2) is 8.07 Å². The molecule has 5 aromatic heterocycles. The fourth-order valence-electron chi connectivity index (χ4n) is 18.4. The fraction of sp³-hybridized carbons (Fsp3) is 0. The summed E-state index contributed by atoms with van der Waals surface area (Å²) in [6.07, 6.45) is 0. The second kappa shape index (κ2) is 25.0. The maximum atomic E-state index is 2.54. The van der Waals surface area contributed by atoms with Crippen molar-refractivity contribution in [1.82, 2.24) is 22.8 Å². The van der Waals surface area contributed by atoms with Crippen LogP contribution in [0.5, 0.6) is 0 Å². The standard InChI is InChI=1S/C102H68N6Si/c1-4-27-78(28-5-1)109(79-29-6-2-7-30-79,80-31-8-3-9-32-80)81-67-76(107-96-46-22-14-37-87(96)88-38-15-23-47-97(88)107)66-77(68-81)108-98-48-24-16-39-89(98)91-65-69(51-64-100(91)108)82-41-26-50-101-102(82)90-40-17-25-49-99(90)106(101)75-62-56-72(57-63-75)103(70-52-58-73(59-53-70)104-92-42-18-10-33-83(92)84-34-11-19-43-93(84)104)71-54-60-74(61-55-71)105-94-44-20-12-35-85(94)86-36-13-21-45-95(86)105/h1-68H. The molecule has 5 heterocycles. The van der Waals surface area contributed by atoms with E-state index in [1.807, 2.05) is 0 Å². The number of nitrogens with zero attached hydrogens (tertiary/aromatic N) is 6. The summed E-state index contributed by atoms with van der Waals surface area (Å²) in [5, 5.41) is 17.5. The smallest absolute Gasteiger partial charge is 0.179 e. The van der Waals surface area contributed by atoms with Crippen molar-refractivity contribution < 1.29 is 0 Å². The van der Waals surface area contributed by atoms with Crippen molar-refractivity contribution in [2.75, 3.05) is 4.90 Å². The maximum absolute atomic E-state index is 3.10. The first-order valence-corrected chi connectivity index (χ1v) is 39.6. The van der Waals surface area contributed by atoms with E-state index in [1.165, 1.54) is 113 Å². The Bertz CT molecular complexity index is 6910. The number of benzene rings is 17.